The molecule has 1 aliphatic rings. The van der Waals surface area contributed by atoms with Crippen LogP contribution in [-0.2, 0) is 4.74 Å². The number of esters is 1. The molecule has 0 spiro atoms. The van der Waals surface area contributed by atoms with E-state index in [-0.39, 0.29) is 12.1 Å². The number of aromatic nitrogens is 1. The van der Waals surface area contributed by atoms with Crippen molar-refractivity contribution in [1.29, 1.82) is 0 Å². The number of nitrogens with one attached hydrogen (secondary N) is 1. The summed E-state index contributed by atoms with van der Waals surface area (Å²) in [5.41, 5.74) is 4.16. The van der Waals surface area contributed by atoms with E-state index in [0.717, 1.165) is 28.4 Å². The lowest BCUT2D eigenvalue weighted by molar-refractivity contribution is 0.0601. The highest BCUT2D eigenvalue weighted by atomic mass is 32.1. The lowest BCUT2D eigenvalue weighted by atomic mass is 10.0. The van der Waals surface area contributed by atoms with Gasteiger partial charge in [0, 0.05) is 37.2 Å². The number of nitrogens with zero attached hydrogens (tertiary/aromatic N) is 3. The van der Waals surface area contributed by atoms with E-state index in [4.69, 9.17) is 21.4 Å². The number of pyridine rings is 1. The Bertz CT molecular complexity index is 1390. The molecule has 1 aliphatic heterocycles. The van der Waals surface area contributed by atoms with Gasteiger partial charge in [0.05, 0.1) is 24.4 Å². The normalized spacial score (nSPS) is 17.1. The third-order valence-electron chi connectivity index (χ3n) is 6.23. The van der Waals surface area contributed by atoms with Crippen molar-refractivity contribution >= 4 is 34.7 Å². The largest absolute Gasteiger partial charge is 0.465 e. The molecule has 2 atom stereocenters. The Labute approximate surface area is 215 Å². The molecule has 4 aromatic rings. The zero-order valence-electron chi connectivity index (χ0n) is 20.2. The van der Waals surface area contributed by atoms with Crippen LogP contribution in [0, 0.1) is 0 Å². The smallest absolute Gasteiger partial charge is 0.337 e. The lowest BCUT2D eigenvalue weighted by Gasteiger charge is -2.26. The highest BCUT2D eigenvalue weighted by Gasteiger charge is 2.42. The summed E-state index contributed by atoms with van der Waals surface area (Å²) in [6, 6.07) is 24.7. The first-order chi connectivity index (χ1) is 17.5. The quantitative estimate of drug-likeness (QED) is 0.281. The van der Waals surface area contributed by atoms with Gasteiger partial charge in [0.15, 0.2) is 5.11 Å². The lowest BCUT2D eigenvalue weighted by Crippen LogP contribution is -2.29. The molecule has 3 heterocycles. The second-order valence-corrected chi connectivity index (χ2v) is 9.07. The van der Waals surface area contributed by atoms with E-state index in [0.29, 0.717) is 16.4 Å². The summed E-state index contributed by atoms with van der Waals surface area (Å²) in [4.78, 5) is 20.7. The molecule has 5 rings (SSSR count). The van der Waals surface area contributed by atoms with Crippen LogP contribution in [0.3, 0.4) is 0 Å². The molecule has 182 valence electrons. The van der Waals surface area contributed by atoms with Crippen LogP contribution in [0.2, 0.25) is 0 Å². The summed E-state index contributed by atoms with van der Waals surface area (Å²) in [7, 11) is 5.39. The number of carbonyl (C=O) groups is 1. The second-order valence-electron chi connectivity index (χ2n) is 8.68. The number of ether oxygens (including phenoxy) is 1. The maximum Gasteiger partial charge on any atom is 0.337 e. The number of hydrogen-bond donors (Lipinski definition) is 1. The molecule has 0 amide bonds. The van der Waals surface area contributed by atoms with Gasteiger partial charge in [0.25, 0.3) is 0 Å². The summed E-state index contributed by atoms with van der Waals surface area (Å²) in [6.45, 7) is 0. The number of thiocarbonyl (C=S) groups is 1. The summed E-state index contributed by atoms with van der Waals surface area (Å²) < 4.78 is 11.3. The number of furan rings is 1. The van der Waals surface area contributed by atoms with Gasteiger partial charge in [-0.2, -0.15) is 0 Å². The first-order valence-corrected chi connectivity index (χ1v) is 11.9. The Morgan fingerprint density at radius 1 is 1.06 bits per heavy atom. The van der Waals surface area contributed by atoms with Gasteiger partial charge >= 0.3 is 5.97 Å². The molecule has 8 heteroatoms. The van der Waals surface area contributed by atoms with Crippen molar-refractivity contribution in [3.8, 4) is 11.3 Å². The third-order valence-corrected chi connectivity index (χ3v) is 6.54. The molecule has 36 heavy (non-hydrogen) atoms. The summed E-state index contributed by atoms with van der Waals surface area (Å²) in [5.74, 6) is 0.987. The molecule has 0 saturated carbocycles. The SMILES string of the molecule is COC(=O)c1cccc(-c2ccc([C@@H]3[C@@H](c4ccccn4)NC(=S)N3c3ccc(N(C)C)cc3)o2)c1. The predicted molar refractivity (Wildman–Crippen MR) is 144 cm³/mol. The number of methoxy groups -OCH3 is 1. The van der Waals surface area contributed by atoms with Gasteiger partial charge in [-0.3, -0.25) is 4.98 Å². The van der Waals surface area contributed by atoms with E-state index in [1.165, 1.54) is 7.11 Å². The zero-order valence-corrected chi connectivity index (χ0v) is 21.0. The fourth-order valence-corrected chi connectivity index (χ4v) is 4.76. The second kappa shape index (κ2) is 9.83. The van der Waals surface area contributed by atoms with Crippen molar-refractivity contribution in [2.24, 2.45) is 0 Å². The minimum Gasteiger partial charge on any atom is -0.465 e. The standard InChI is InChI=1S/C28H26N4O3S/c1-31(2)20-10-12-21(13-11-20)32-26(25(30-28(32)36)22-9-4-5-16-29-22)24-15-14-23(35-24)18-7-6-8-19(17-18)27(33)34-3/h4-17,25-26H,1-3H3,(H,30,36)/t25-,26-/m1/s1. The molecule has 0 unspecified atom stereocenters. The first kappa shape index (κ1) is 23.6. The summed E-state index contributed by atoms with van der Waals surface area (Å²) in [5, 5.41) is 4.04. The molecule has 0 aliphatic carbocycles. The number of benzene rings is 2. The molecule has 2 aromatic heterocycles. The topological polar surface area (TPSA) is 70.8 Å². The van der Waals surface area contributed by atoms with E-state index < -0.39 is 5.97 Å². The molecule has 2 aromatic carbocycles. The van der Waals surface area contributed by atoms with E-state index in [1.807, 2.05) is 56.6 Å². The highest BCUT2D eigenvalue weighted by Crippen LogP contribution is 2.43. The molecular weight excluding hydrogens is 472 g/mol. The monoisotopic (exact) mass is 498 g/mol. The molecular formula is C28H26N4O3S. The van der Waals surface area contributed by atoms with Crippen LogP contribution in [0.4, 0.5) is 11.4 Å². The fourth-order valence-electron chi connectivity index (χ4n) is 4.42. The Kier molecular flexibility index (Phi) is 6.43. The number of rotatable bonds is 6. The third kappa shape index (κ3) is 4.43. The molecule has 1 fully saturated rings. The van der Waals surface area contributed by atoms with Gasteiger partial charge in [0.1, 0.15) is 17.6 Å². The van der Waals surface area contributed by atoms with Crippen LogP contribution < -0.4 is 15.1 Å². The Hall–Kier alpha value is -4.17. The van der Waals surface area contributed by atoms with Crippen LogP contribution in [0.25, 0.3) is 11.3 Å². The van der Waals surface area contributed by atoms with Gasteiger partial charge < -0.3 is 24.3 Å². The number of hydrogen-bond acceptors (Lipinski definition) is 6. The van der Waals surface area contributed by atoms with Crippen LogP contribution in [0.1, 0.15) is 33.9 Å². The van der Waals surface area contributed by atoms with Gasteiger partial charge in [-0.05, 0) is 72.9 Å². The van der Waals surface area contributed by atoms with Crippen molar-refractivity contribution in [2.45, 2.75) is 12.1 Å². The number of anilines is 2. The van der Waals surface area contributed by atoms with Crippen LogP contribution in [-0.4, -0.2) is 37.3 Å². The van der Waals surface area contributed by atoms with Crippen LogP contribution in [0.15, 0.2) is 89.5 Å². The van der Waals surface area contributed by atoms with Gasteiger partial charge in [-0.1, -0.05) is 18.2 Å². The van der Waals surface area contributed by atoms with Gasteiger partial charge in [-0.25, -0.2) is 4.79 Å². The first-order valence-electron chi connectivity index (χ1n) is 11.5. The van der Waals surface area contributed by atoms with E-state index >= 15 is 0 Å². The van der Waals surface area contributed by atoms with E-state index in [1.54, 1.807) is 18.3 Å². The van der Waals surface area contributed by atoms with Crippen molar-refractivity contribution < 1.29 is 13.9 Å². The summed E-state index contributed by atoms with van der Waals surface area (Å²) >= 11 is 5.80. The minimum absolute atomic E-state index is 0.215. The van der Waals surface area contributed by atoms with Crippen molar-refractivity contribution in [2.75, 3.05) is 31.0 Å². The molecule has 0 radical (unpaired) electrons. The van der Waals surface area contributed by atoms with Crippen LogP contribution >= 0.6 is 12.2 Å². The van der Waals surface area contributed by atoms with E-state index in [9.17, 15) is 4.79 Å². The Morgan fingerprint density at radius 3 is 2.56 bits per heavy atom. The minimum atomic E-state index is -0.392. The maximum absolute atomic E-state index is 12.0. The molecule has 7 nitrogen and oxygen atoms in total. The predicted octanol–water partition coefficient (Wildman–Crippen LogP) is 5.37. The van der Waals surface area contributed by atoms with Gasteiger partial charge in [-0.15, -0.1) is 0 Å². The number of carbonyl (C=O) groups excluding carboxylic acids is 1. The van der Waals surface area contributed by atoms with Crippen molar-refractivity contribution in [1.82, 2.24) is 10.3 Å². The Morgan fingerprint density at radius 2 is 1.86 bits per heavy atom. The van der Waals surface area contributed by atoms with Gasteiger partial charge in [0.2, 0.25) is 0 Å². The molecule has 1 saturated heterocycles. The highest BCUT2D eigenvalue weighted by molar-refractivity contribution is 7.80. The average molecular weight is 499 g/mol. The van der Waals surface area contributed by atoms with Crippen molar-refractivity contribution in [3.63, 3.8) is 0 Å². The molecule has 1 N–H and O–H groups in total. The van der Waals surface area contributed by atoms with E-state index in [2.05, 4.69) is 44.4 Å². The maximum atomic E-state index is 12.0. The zero-order chi connectivity index (χ0) is 25.2. The molecule has 0 bridgehead atoms. The van der Waals surface area contributed by atoms with Crippen molar-refractivity contribution in [3.05, 3.63) is 102 Å². The van der Waals surface area contributed by atoms with Crippen LogP contribution in [0.5, 0.6) is 0 Å². The Balaban J connectivity index is 1.56. The summed E-state index contributed by atoms with van der Waals surface area (Å²) in [6.07, 6.45) is 1.78. The fraction of sp³-hybridized carbons (Fsp3) is 0.179. The average Bonchev–Trinajstić information content (AvgIpc) is 3.53.